The highest BCUT2D eigenvalue weighted by Gasteiger charge is 2.50. The van der Waals surface area contributed by atoms with Gasteiger partial charge in [-0.3, -0.25) is 19.9 Å². The van der Waals surface area contributed by atoms with Crippen LogP contribution < -0.4 is 5.32 Å². The highest BCUT2D eigenvalue weighted by Crippen LogP contribution is 2.18. The lowest BCUT2D eigenvalue weighted by molar-refractivity contribution is -0.527. The van der Waals surface area contributed by atoms with Crippen molar-refractivity contribution in [1.82, 2.24) is 15.1 Å². The van der Waals surface area contributed by atoms with Crippen LogP contribution in [-0.2, 0) is 4.79 Å². The second-order valence-electron chi connectivity index (χ2n) is 4.91. The summed E-state index contributed by atoms with van der Waals surface area (Å²) in [6.07, 6.45) is 1.81. The first-order valence-corrected chi connectivity index (χ1v) is 7.09. The monoisotopic (exact) mass is 312 g/mol. The van der Waals surface area contributed by atoms with Crippen LogP contribution in [-0.4, -0.2) is 71.3 Å². The van der Waals surface area contributed by atoms with Crippen LogP contribution in [0.5, 0.6) is 0 Å². The lowest BCUT2D eigenvalue weighted by atomic mass is 10.1. The van der Waals surface area contributed by atoms with E-state index in [1.54, 1.807) is 20.0 Å². The van der Waals surface area contributed by atoms with E-state index in [2.05, 4.69) is 10.3 Å². The Hall–Kier alpha value is -1.89. The van der Waals surface area contributed by atoms with Crippen LogP contribution in [0.1, 0.15) is 13.8 Å². The minimum Gasteiger partial charge on any atom is -0.275 e. The van der Waals surface area contributed by atoms with Crippen molar-refractivity contribution >= 4 is 35.3 Å². The van der Waals surface area contributed by atoms with Gasteiger partial charge in [-0.05, 0) is 19.9 Å². The number of aliphatic imine (C=N–C) groups is 1. The molecule has 0 aromatic carbocycles. The van der Waals surface area contributed by atoms with Gasteiger partial charge in [0.05, 0.1) is 13.1 Å². The molecule has 2 aliphatic rings. The van der Waals surface area contributed by atoms with Crippen LogP contribution in [0.25, 0.3) is 0 Å². The molecule has 1 fully saturated rings. The molecule has 1 saturated heterocycles. The molecular formula is C13H19ClN5O2+. The van der Waals surface area contributed by atoms with Gasteiger partial charge in [0, 0.05) is 19.1 Å². The van der Waals surface area contributed by atoms with Gasteiger partial charge in [-0.25, -0.2) is 9.37 Å². The molecule has 1 N–H and O–H groups in total. The van der Waals surface area contributed by atoms with Crippen molar-refractivity contribution in [3.63, 3.8) is 0 Å². The van der Waals surface area contributed by atoms with Gasteiger partial charge < -0.3 is 0 Å². The summed E-state index contributed by atoms with van der Waals surface area (Å²) >= 11 is 5.88. The third kappa shape index (κ3) is 2.65. The number of amides is 3. The van der Waals surface area contributed by atoms with Crippen molar-refractivity contribution in [2.75, 3.05) is 27.2 Å². The Kier molecular flexibility index (Phi) is 4.32. The van der Waals surface area contributed by atoms with E-state index >= 15 is 0 Å². The number of imide groups is 1. The first-order valence-electron chi connectivity index (χ1n) is 6.72. The van der Waals surface area contributed by atoms with Crippen LogP contribution in [0.2, 0.25) is 0 Å². The second kappa shape index (κ2) is 5.85. The van der Waals surface area contributed by atoms with Crippen molar-refractivity contribution in [2.24, 2.45) is 4.99 Å². The van der Waals surface area contributed by atoms with Gasteiger partial charge >= 0.3 is 12.0 Å². The van der Waals surface area contributed by atoms with E-state index in [0.717, 1.165) is 4.90 Å². The zero-order valence-electron chi connectivity index (χ0n) is 12.6. The van der Waals surface area contributed by atoms with Crippen LogP contribution in [0.4, 0.5) is 4.79 Å². The van der Waals surface area contributed by atoms with Gasteiger partial charge in [0.25, 0.3) is 5.91 Å². The summed E-state index contributed by atoms with van der Waals surface area (Å²) in [5, 5.41) is 3.76. The van der Waals surface area contributed by atoms with Gasteiger partial charge in [-0.2, -0.15) is 0 Å². The number of carbonyl (C=O) groups is 2. The van der Waals surface area contributed by atoms with Crippen LogP contribution >= 0.6 is 11.6 Å². The Labute approximate surface area is 128 Å². The molecule has 114 valence electrons. The Morgan fingerprint density at radius 1 is 1.43 bits per heavy atom. The molecule has 0 saturated carbocycles. The van der Waals surface area contributed by atoms with Gasteiger partial charge in [-0.15, -0.1) is 0 Å². The fourth-order valence-electron chi connectivity index (χ4n) is 2.31. The van der Waals surface area contributed by atoms with Crippen LogP contribution in [0.15, 0.2) is 16.1 Å². The lowest BCUT2D eigenvalue weighted by Crippen LogP contribution is -2.61. The fraction of sp³-hybridized carbons (Fsp3) is 0.538. The predicted octanol–water partition coefficient (Wildman–Crippen LogP) is 0.412. The first-order chi connectivity index (χ1) is 9.88. The summed E-state index contributed by atoms with van der Waals surface area (Å²) in [6, 6.07) is -0.976. The minimum atomic E-state index is -0.598. The van der Waals surface area contributed by atoms with Crippen LogP contribution in [0, 0.1) is 0 Å². The number of halogens is 1. The molecule has 0 bridgehead atoms. The zero-order chi connectivity index (χ0) is 15.7. The first kappa shape index (κ1) is 15.5. The predicted molar refractivity (Wildman–Crippen MR) is 80.6 cm³/mol. The molecule has 0 aromatic heterocycles. The van der Waals surface area contributed by atoms with E-state index in [-0.39, 0.29) is 11.9 Å². The molecule has 3 amide bonds. The van der Waals surface area contributed by atoms with E-state index in [1.165, 1.54) is 11.9 Å². The molecule has 0 radical (unpaired) electrons. The Balaban J connectivity index is 2.43. The van der Waals surface area contributed by atoms with Gasteiger partial charge in [0.1, 0.15) is 0 Å². The largest absolute Gasteiger partial charge is 0.390 e. The fourth-order valence-corrected chi connectivity index (χ4v) is 2.38. The molecule has 21 heavy (non-hydrogen) atoms. The topological polar surface area (TPSA) is 68.0 Å². The van der Waals surface area contributed by atoms with Gasteiger partial charge in [0.15, 0.2) is 0 Å². The zero-order valence-corrected chi connectivity index (χ0v) is 13.3. The number of hydrogen-bond donors (Lipinski definition) is 1. The molecule has 1 unspecified atom stereocenters. The quantitative estimate of drug-likeness (QED) is 0.768. The normalized spacial score (nSPS) is 22.8. The third-order valence-corrected chi connectivity index (χ3v) is 3.59. The van der Waals surface area contributed by atoms with Crippen LogP contribution in [0.3, 0.4) is 0 Å². The maximum Gasteiger partial charge on any atom is 0.390 e. The average molecular weight is 313 g/mol. The number of allylic oxidation sites excluding steroid dienone is 1. The van der Waals surface area contributed by atoms with Gasteiger partial charge in [-0.1, -0.05) is 16.6 Å². The highest BCUT2D eigenvalue weighted by atomic mass is 35.5. The smallest absolute Gasteiger partial charge is 0.275 e. The number of rotatable bonds is 3. The Morgan fingerprint density at radius 3 is 2.67 bits per heavy atom. The molecule has 1 atom stereocenters. The third-order valence-electron chi connectivity index (χ3n) is 3.43. The number of nitrogens with zero attached hydrogens (tertiary/aromatic N) is 4. The summed E-state index contributed by atoms with van der Waals surface area (Å²) in [5.41, 5.74) is 0. The number of fused-ring (bicyclic) bond motifs is 1. The molecule has 0 aromatic rings. The molecule has 2 heterocycles. The van der Waals surface area contributed by atoms with E-state index in [9.17, 15) is 9.59 Å². The molecule has 2 aliphatic heterocycles. The number of carbonyl (C=O) groups excluding carboxylic acids is 2. The molecule has 0 spiro atoms. The standard InChI is InChI=1S/C13H18ClN5O2/c1-5-15-12-16-10-9(19(12)7-6-8(2)14)11(20)18(4)13(21)17(10)3/h6,9H,5,7H2,1-4H3/p+1/b8-6-. The van der Waals surface area contributed by atoms with E-state index in [0.29, 0.717) is 29.9 Å². The van der Waals surface area contributed by atoms with E-state index in [1.807, 2.05) is 11.5 Å². The van der Waals surface area contributed by atoms with E-state index in [4.69, 9.17) is 11.6 Å². The van der Waals surface area contributed by atoms with Crippen molar-refractivity contribution < 1.29 is 14.2 Å². The number of amidine groups is 1. The number of hydrogen-bond acceptors (Lipinski definition) is 4. The molecule has 7 nitrogen and oxygen atoms in total. The summed E-state index contributed by atoms with van der Waals surface area (Å²) in [6.45, 7) is 4.83. The number of nitrogens with one attached hydrogen (secondary N) is 1. The minimum absolute atomic E-state index is 0.287. The number of urea groups is 1. The van der Waals surface area contributed by atoms with E-state index < -0.39 is 6.04 Å². The number of likely N-dealkylation sites (N-methyl/N-ethyl adjacent to an activating group) is 2. The maximum absolute atomic E-state index is 12.4. The van der Waals surface area contributed by atoms with Crippen molar-refractivity contribution in [3.8, 4) is 0 Å². The molecular weight excluding hydrogens is 294 g/mol. The molecule has 8 heteroatoms. The van der Waals surface area contributed by atoms with Crippen molar-refractivity contribution in [2.45, 2.75) is 19.9 Å². The summed E-state index contributed by atoms with van der Waals surface area (Å²) in [4.78, 5) is 31.3. The summed E-state index contributed by atoms with van der Waals surface area (Å²) in [5.74, 6) is 0.736. The lowest BCUT2D eigenvalue weighted by Gasteiger charge is -2.31. The Bertz CT molecular complexity index is 577. The summed E-state index contributed by atoms with van der Waals surface area (Å²) in [7, 11) is 3.09. The molecule has 0 aliphatic carbocycles. The average Bonchev–Trinajstić information content (AvgIpc) is 2.79. The maximum atomic E-state index is 12.4. The molecule has 2 rings (SSSR count). The summed E-state index contributed by atoms with van der Waals surface area (Å²) < 4.78 is 1.81. The second-order valence-corrected chi connectivity index (χ2v) is 5.50. The van der Waals surface area contributed by atoms with Gasteiger partial charge in [0.2, 0.25) is 11.9 Å². The SMILES string of the molecule is CCNC1=[N+](C/C=C(/C)Cl)C2C(=O)N(C)C(=O)N(C)C2=N1. The highest BCUT2D eigenvalue weighted by molar-refractivity contribution is 6.29. The van der Waals surface area contributed by atoms with Crippen molar-refractivity contribution in [3.05, 3.63) is 11.1 Å². The number of guanidine groups is 1. The Morgan fingerprint density at radius 2 is 2.10 bits per heavy atom. The van der Waals surface area contributed by atoms with Crippen molar-refractivity contribution in [1.29, 1.82) is 0 Å².